The predicted molar refractivity (Wildman–Crippen MR) is 78.0 cm³/mol. The first-order chi connectivity index (χ1) is 9.36. The molecule has 0 radical (unpaired) electrons. The molecule has 0 saturated heterocycles. The second-order valence-electron chi connectivity index (χ2n) is 4.44. The third kappa shape index (κ3) is 3.28. The summed E-state index contributed by atoms with van der Waals surface area (Å²) in [4.78, 5) is 13.2. The fraction of sp³-hybridized carbons (Fsp3) is 0.400. The average molecular weight is 256 g/mol. The first-order valence-corrected chi connectivity index (χ1v) is 6.86. The summed E-state index contributed by atoms with van der Waals surface area (Å²) in [7, 11) is 0. The second-order valence-corrected chi connectivity index (χ2v) is 4.44. The van der Waals surface area contributed by atoms with Crippen LogP contribution >= 0.6 is 0 Å². The van der Waals surface area contributed by atoms with Crippen molar-refractivity contribution in [3.05, 3.63) is 36.3 Å². The highest BCUT2D eigenvalue weighted by molar-refractivity contribution is 5.65. The molecular weight excluding hydrogens is 236 g/mol. The zero-order chi connectivity index (χ0) is 13.5. The van der Waals surface area contributed by atoms with Crippen molar-refractivity contribution in [2.45, 2.75) is 33.1 Å². The van der Waals surface area contributed by atoms with Gasteiger partial charge in [0.25, 0.3) is 0 Å². The summed E-state index contributed by atoms with van der Waals surface area (Å²) in [6, 6.07) is 5.89. The van der Waals surface area contributed by atoms with Gasteiger partial charge in [-0.05, 0) is 25.0 Å². The van der Waals surface area contributed by atoms with Crippen LogP contribution < -0.4 is 5.32 Å². The van der Waals surface area contributed by atoms with Gasteiger partial charge in [0.1, 0.15) is 12.1 Å². The lowest BCUT2D eigenvalue weighted by Gasteiger charge is -2.13. The topological polar surface area (TPSA) is 50.7 Å². The molecule has 4 nitrogen and oxygen atoms in total. The summed E-state index contributed by atoms with van der Waals surface area (Å²) < 4.78 is 0. The number of pyridine rings is 1. The van der Waals surface area contributed by atoms with Crippen LogP contribution in [0.1, 0.15) is 32.3 Å². The lowest BCUT2D eigenvalue weighted by atomic mass is 10.1. The molecule has 1 N–H and O–H groups in total. The zero-order valence-electron chi connectivity index (χ0n) is 11.6. The predicted octanol–water partition coefficient (Wildman–Crippen LogP) is 3.31. The Labute approximate surface area is 114 Å². The molecule has 0 unspecified atom stereocenters. The molecule has 2 aromatic heterocycles. The normalized spacial score (nSPS) is 10.4. The van der Waals surface area contributed by atoms with Crippen molar-refractivity contribution < 1.29 is 0 Å². The van der Waals surface area contributed by atoms with Crippen molar-refractivity contribution in [1.29, 1.82) is 0 Å². The van der Waals surface area contributed by atoms with Gasteiger partial charge in [-0.3, -0.25) is 4.98 Å². The van der Waals surface area contributed by atoms with Gasteiger partial charge in [-0.1, -0.05) is 26.3 Å². The van der Waals surface area contributed by atoms with Gasteiger partial charge in [0.05, 0.1) is 11.4 Å². The minimum absolute atomic E-state index is 0.910. The molecule has 0 aliphatic carbocycles. The van der Waals surface area contributed by atoms with E-state index in [0.29, 0.717) is 0 Å². The SMILES string of the molecule is CCCNc1ncnc(-c2ccccn2)c1CCC. The second kappa shape index (κ2) is 6.83. The molecule has 0 aromatic carbocycles. The van der Waals surface area contributed by atoms with Crippen molar-refractivity contribution >= 4 is 5.82 Å². The third-order valence-electron chi connectivity index (χ3n) is 2.90. The van der Waals surface area contributed by atoms with Crippen LogP contribution in [0, 0.1) is 0 Å². The highest BCUT2D eigenvalue weighted by Crippen LogP contribution is 2.25. The maximum absolute atomic E-state index is 4.42. The minimum atomic E-state index is 0.910. The molecule has 0 aliphatic rings. The summed E-state index contributed by atoms with van der Waals surface area (Å²) in [5, 5.41) is 3.38. The summed E-state index contributed by atoms with van der Waals surface area (Å²) in [5.41, 5.74) is 3.01. The molecule has 19 heavy (non-hydrogen) atoms. The van der Waals surface area contributed by atoms with E-state index < -0.39 is 0 Å². The molecule has 4 heteroatoms. The number of hydrogen-bond acceptors (Lipinski definition) is 4. The highest BCUT2D eigenvalue weighted by Gasteiger charge is 2.12. The molecule has 2 rings (SSSR count). The molecule has 0 aliphatic heterocycles. The summed E-state index contributed by atoms with van der Waals surface area (Å²) in [6.45, 7) is 5.24. The highest BCUT2D eigenvalue weighted by atomic mass is 15.0. The maximum Gasteiger partial charge on any atom is 0.133 e. The molecule has 100 valence electrons. The summed E-state index contributed by atoms with van der Waals surface area (Å²) in [6.07, 6.45) is 6.51. The minimum Gasteiger partial charge on any atom is -0.370 e. The number of hydrogen-bond donors (Lipinski definition) is 1. The standard InChI is InChI=1S/C15H20N4/c1-3-7-12-14(13-8-5-6-10-16-13)18-11-19-15(12)17-9-4-2/h5-6,8,10-11H,3-4,7,9H2,1-2H3,(H,17,18,19). The van der Waals surface area contributed by atoms with Crippen LogP contribution in [-0.4, -0.2) is 21.5 Å². The van der Waals surface area contributed by atoms with Crippen molar-refractivity contribution in [3.63, 3.8) is 0 Å². The van der Waals surface area contributed by atoms with E-state index in [0.717, 1.165) is 48.6 Å². The van der Waals surface area contributed by atoms with E-state index in [-0.39, 0.29) is 0 Å². The van der Waals surface area contributed by atoms with Crippen LogP contribution in [0.4, 0.5) is 5.82 Å². The Hall–Kier alpha value is -1.97. The first-order valence-electron chi connectivity index (χ1n) is 6.86. The van der Waals surface area contributed by atoms with Crippen molar-refractivity contribution in [2.24, 2.45) is 0 Å². The van der Waals surface area contributed by atoms with E-state index in [1.165, 1.54) is 0 Å². The summed E-state index contributed by atoms with van der Waals surface area (Å²) in [5.74, 6) is 0.944. The maximum atomic E-state index is 4.42. The van der Waals surface area contributed by atoms with E-state index in [9.17, 15) is 0 Å². The molecule has 2 aromatic rings. The van der Waals surface area contributed by atoms with Crippen LogP contribution in [0.2, 0.25) is 0 Å². The summed E-state index contributed by atoms with van der Waals surface area (Å²) >= 11 is 0. The molecule has 0 fully saturated rings. The molecule has 2 heterocycles. The molecule has 0 spiro atoms. The Bertz CT molecular complexity index is 511. The Morgan fingerprint density at radius 2 is 1.95 bits per heavy atom. The van der Waals surface area contributed by atoms with Crippen LogP contribution in [0.15, 0.2) is 30.7 Å². The van der Waals surface area contributed by atoms with Gasteiger partial charge in [-0.2, -0.15) is 0 Å². The van der Waals surface area contributed by atoms with Crippen molar-refractivity contribution in [1.82, 2.24) is 15.0 Å². The van der Waals surface area contributed by atoms with E-state index in [2.05, 4.69) is 34.1 Å². The Balaban J connectivity index is 2.42. The van der Waals surface area contributed by atoms with Gasteiger partial charge in [0.15, 0.2) is 0 Å². The van der Waals surface area contributed by atoms with Crippen LogP contribution in [0.3, 0.4) is 0 Å². The fourth-order valence-electron chi connectivity index (χ4n) is 2.02. The Morgan fingerprint density at radius 3 is 2.63 bits per heavy atom. The quantitative estimate of drug-likeness (QED) is 0.861. The van der Waals surface area contributed by atoms with Crippen LogP contribution in [0.25, 0.3) is 11.4 Å². The number of nitrogens with zero attached hydrogens (tertiary/aromatic N) is 3. The third-order valence-corrected chi connectivity index (χ3v) is 2.90. The molecule has 0 saturated carbocycles. The van der Waals surface area contributed by atoms with Crippen molar-refractivity contribution in [2.75, 3.05) is 11.9 Å². The van der Waals surface area contributed by atoms with Gasteiger partial charge < -0.3 is 5.32 Å². The lowest BCUT2D eigenvalue weighted by molar-refractivity contribution is 0.890. The van der Waals surface area contributed by atoms with Gasteiger partial charge >= 0.3 is 0 Å². The van der Waals surface area contributed by atoms with E-state index in [1.54, 1.807) is 12.5 Å². The number of nitrogens with one attached hydrogen (secondary N) is 1. The average Bonchev–Trinajstić information content (AvgIpc) is 2.47. The van der Waals surface area contributed by atoms with Crippen molar-refractivity contribution in [3.8, 4) is 11.4 Å². The molecule has 0 amide bonds. The zero-order valence-corrected chi connectivity index (χ0v) is 11.6. The number of aromatic nitrogens is 3. The van der Waals surface area contributed by atoms with E-state index in [1.807, 2.05) is 18.2 Å². The van der Waals surface area contributed by atoms with E-state index >= 15 is 0 Å². The Morgan fingerprint density at radius 1 is 1.05 bits per heavy atom. The smallest absolute Gasteiger partial charge is 0.133 e. The van der Waals surface area contributed by atoms with Gasteiger partial charge in [-0.15, -0.1) is 0 Å². The fourth-order valence-corrected chi connectivity index (χ4v) is 2.02. The Kier molecular flexibility index (Phi) is 4.84. The van der Waals surface area contributed by atoms with Gasteiger partial charge in [0.2, 0.25) is 0 Å². The molecule has 0 bridgehead atoms. The molecular formula is C15H20N4. The van der Waals surface area contributed by atoms with Crippen LogP contribution in [-0.2, 0) is 6.42 Å². The first kappa shape index (κ1) is 13.5. The van der Waals surface area contributed by atoms with Gasteiger partial charge in [-0.25, -0.2) is 9.97 Å². The monoisotopic (exact) mass is 256 g/mol. The molecule has 0 atom stereocenters. The number of rotatable bonds is 6. The van der Waals surface area contributed by atoms with E-state index in [4.69, 9.17) is 0 Å². The number of anilines is 1. The lowest BCUT2D eigenvalue weighted by Crippen LogP contribution is -2.08. The largest absolute Gasteiger partial charge is 0.370 e. The van der Waals surface area contributed by atoms with Gasteiger partial charge in [0, 0.05) is 18.3 Å². The van der Waals surface area contributed by atoms with Crippen LogP contribution in [0.5, 0.6) is 0 Å².